The minimum atomic E-state index is -0.981. The molecule has 0 aromatic carbocycles. The summed E-state index contributed by atoms with van der Waals surface area (Å²) in [5, 5.41) is 12.1. The van der Waals surface area contributed by atoms with E-state index in [1.54, 1.807) is 6.07 Å². The molecule has 1 aliphatic carbocycles. The van der Waals surface area contributed by atoms with Crippen molar-refractivity contribution >= 4 is 5.97 Å². The van der Waals surface area contributed by atoms with Crippen LogP contribution in [0, 0.1) is 0 Å². The molecule has 0 atom stereocenters. The summed E-state index contributed by atoms with van der Waals surface area (Å²) in [5.41, 5.74) is 0.869. The van der Waals surface area contributed by atoms with Gasteiger partial charge in [0.2, 0.25) is 0 Å². The molecule has 0 radical (unpaired) electrons. The smallest absolute Gasteiger partial charge is 0.354 e. The Bertz CT molecular complexity index is 418. The van der Waals surface area contributed by atoms with Crippen molar-refractivity contribution in [3.8, 4) is 0 Å². The molecular weight excluding hydrogens is 230 g/mol. The number of carboxylic acid groups (broad SMARTS) is 1. The first-order valence-electron chi connectivity index (χ1n) is 6.27. The third-order valence-corrected chi connectivity index (χ3v) is 3.14. The Labute approximate surface area is 107 Å². The first kappa shape index (κ1) is 13.0. The number of likely N-dealkylation sites (N-methyl/N-ethyl adjacent to an activating group) is 1. The van der Waals surface area contributed by atoms with Crippen molar-refractivity contribution < 1.29 is 9.90 Å². The average molecular weight is 249 g/mol. The third kappa shape index (κ3) is 3.78. The molecule has 0 spiro atoms. The van der Waals surface area contributed by atoms with Crippen LogP contribution >= 0.6 is 0 Å². The third-order valence-electron chi connectivity index (χ3n) is 3.14. The highest BCUT2D eigenvalue weighted by Crippen LogP contribution is 2.24. The van der Waals surface area contributed by atoms with E-state index in [2.05, 4.69) is 22.2 Å². The van der Waals surface area contributed by atoms with Crippen molar-refractivity contribution in [2.75, 3.05) is 20.1 Å². The summed E-state index contributed by atoms with van der Waals surface area (Å²) in [5.74, 6) is -0.981. The Hall–Kier alpha value is -1.46. The molecule has 0 aliphatic heterocycles. The molecule has 0 amide bonds. The largest absolute Gasteiger partial charge is 0.477 e. The highest BCUT2D eigenvalue weighted by molar-refractivity contribution is 5.85. The number of hydrogen-bond donors (Lipinski definition) is 2. The number of rotatable bonds is 7. The Morgan fingerprint density at radius 2 is 2.33 bits per heavy atom. The summed E-state index contributed by atoms with van der Waals surface area (Å²) >= 11 is 0. The molecule has 2 rings (SSSR count). The quantitative estimate of drug-likeness (QED) is 0.705. The zero-order valence-electron chi connectivity index (χ0n) is 10.6. The molecule has 5 heteroatoms. The van der Waals surface area contributed by atoms with Gasteiger partial charge in [0.15, 0.2) is 0 Å². The first-order valence-corrected chi connectivity index (χ1v) is 6.27. The molecule has 1 aromatic heterocycles. The number of nitrogens with one attached hydrogen (secondary N) is 1. The van der Waals surface area contributed by atoms with Gasteiger partial charge in [-0.3, -0.25) is 0 Å². The molecule has 0 saturated heterocycles. The highest BCUT2D eigenvalue weighted by Gasteiger charge is 2.25. The van der Waals surface area contributed by atoms with E-state index < -0.39 is 5.97 Å². The molecule has 1 heterocycles. The van der Waals surface area contributed by atoms with Gasteiger partial charge in [-0.05, 0) is 32.0 Å². The second-order valence-electron chi connectivity index (χ2n) is 4.71. The van der Waals surface area contributed by atoms with E-state index in [-0.39, 0.29) is 5.69 Å². The zero-order chi connectivity index (χ0) is 13.0. The van der Waals surface area contributed by atoms with Crippen LogP contribution in [0.3, 0.4) is 0 Å². The normalized spacial score (nSPS) is 15.0. The second kappa shape index (κ2) is 5.93. The Morgan fingerprint density at radius 1 is 1.56 bits per heavy atom. The number of carboxylic acids is 1. The maximum atomic E-state index is 10.8. The zero-order valence-corrected chi connectivity index (χ0v) is 10.6. The van der Waals surface area contributed by atoms with Crippen molar-refractivity contribution in [1.29, 1.82) is 0 Å². The summed E-state index contributed by atoms with van der Waals surface area (Å²) in [6.45, 7) is 2.52. The van der Waals surface area contributed by atoms with Crippen molar-refractivity contribution in [3.05, 3.63) is 29.6 Å². The summed E-state index contributed by atoms with van der Waals surface area (Å²) in [6, 6.07) is 5.85. The standard InChI is InChI=1S/C13H19N3O2/c1-16(11-5-6-11)8-7-14-9-10-3-2-4-12(15-10)13(17)18/h2-4,11,14H,5-9H2,1H3,(H,17,18). The fourth-order valence-corrected chi connectivity index (χ4v) is 1.87. The van der Waals surface area contributed by atoms with Gasteiger partial charge >= 0.3 is 5.97 Å². The molecule has 1 fully saturated rings. The van der Waals surface area contributed by atoms with Gasteiger partial charge in [0.1, 0.15) is 5.69 Å². The fourth-order valence-electron chi connectivity index (χ4n) is 1.87. The van der Waals surface area contributed by atoms with E-state index in [1.165, 1.54) is 18.9 Å². The van der Waals surface area contributed by atoms with Gasteiger partial charge in [-0.25, -0.2) is 9.78 Å². The van der Waals surface area contributed by atoms with Gasteiger partial charge in [-0.1, -0.05) is 6.07 Å². The predicted molar refractivity (Wildman–Crippen MR) is 68.6 cm³/mol. The van der Waals surface area contributed by atoms with Crippen LogP contribution in [0.15, 0.2) is 18.2 Å². The van der Waals surface area contributed by atoms with Crippen molar-refractivity contribution in [3.63, 3.8) is 0 Å². The molecule has 0 unspecified atom stereocenters. The molecular formula is C13H19N3O2. The molecule has 98 valence electrons. The van der Waals surface area contributed by atoms with Crippen molar-refractivity contribution in [1.82, 2.24) is 15.2 Å². The van der Waals surface area contributed by atoms with Crippen LogP contribution in [0.5, 0.6) is 0 Å². The first-order chi connectivity index (χ1) is 8.66. The predicted octanol–water partition coefficient (Wildman–Crippen LogP) is 0.964. The molecule has 1 aromatic rings. The lowest BCUT2D eigenvalue weighted by atomic mass is 10.3. The fraction of sp³-hybridized carbons (Fsp3) is 0.538. The molecule has 0 bridgehead atoms. The van der Waals surface area contributed by atoms with Crippen LogP contribution in [0.2, 0.25) is 0 Å². The average Bonchev–Trinajstić information content (AvgIpc) is 3.19. The van der Waals surface area contributed by atoms with Crippen LogP contribution in [0.1, 0.15) is 29.0 Å². The number of pyridine rings is 1. The Morgan fingerprint density at radius 3 is 3.00 bits per heavy atom. The van der Waals surface area contributed by atoms with Crippen molar-refractivity contribution in [2.45, 2.75) is 25.4 Å². The van der Waals surface area contributed by atoms with E-state index in [9.17, 15) is 4.79 Å². The topological polar surface area (TPSA) is 65.5 Å². The summed E-state index contributed by atoms with van der Waals surface area (Å²) < 4.78 is 0. The van der Waals surface area contributed by atoms with E-state index in [0.29, 0.717) is 6.54 Å². The van der Waals surface area contributed by atoms with Gasteiger partial charge in [0, 0.05) is 25.7 Å². The van der Waals surface area contributed by atoms with Gasteiger partial charge in [-0.15, -0.1) is 0 Å². The van der Waals surface area contributed by atoms with Crippen LogP contribution < -0.4 is 5.32 Å². The molecule has 1 aliphatic rings. The van der Waals surface area contributed by atoms with Crippen LogP contribution in [0.4, 0.5) is 0 Å². The summed E-state index contributed by atoms with van der Waals surface area (Å²) in [7, 11) is 2.14. The van der Waals surface area contributed by atoms with Crippen molar-refractivity contribution in [2.24, 2.45) is 0 Å². The summed E-state index contributed by atoms with van der Waals surface area (Å²) in [6.07, 6.45) is 2.64. The highest BCUT2D eigenvalue weighted by atomic mass is 16.4. The molecule has 2 N–H and O–H groups in total. The minimum absolute atomic E-state index is 0.101. The van der Waals surface area contributed by atoms with E-state index in [1.807, 2.05) is 6.07 Å². The van der Waals surface area contributed by atoms with Gasteiger partial charge in [0.25, 0.3) is 0 Å². The summed E-state index contributed by atoms with van der Waals surface area (Å²) in [4.78, 5) is 17.2. The number of carbonyl (C=O) groups is 1. The van der Waals surface area contributed by atoms with Crippen LogP contribution in [-0.4, -0.2) is 47.1 Å². The monoisotopic (exact) mass is 249 g/mol. The number of aromatic nitrogens is 1. The number of nitrogens with zero attached hydrogens (tertiary/aromatic N) is 2. The van der Waals surface area contributed by atoms with E-state index in [0.717, 1.165) is 24.8 Å². The maximum absolute atomic E-state index is 10.8. The van der Waals surface area contributed by atoms with Crippen LogP contribution in [-0.2, 0) is 6.54 Å². The number of aromatic carboxylic acids is 1. The Kier molecular flexibility index (Phi) is 4.28. The van der Waals surface area contributed by atoms with E-state index in [4.69, 9.17) is 5.11 Å². The van der Waals surface area contributed by atoms with E-state index >= 15 is 0 Å². The SMILES string of the molecule is CN(CCNCc1cccc(C(=O)O)n1)C1CC1. The second-order valence-corrected chi connectivity index (χ2v) is 4.71. The lowest BCUT2D eigenvalue weighted by Crippen LogP contribution is -2.30. The Balaban J connectivity index is 1.72. The molecule has 5 nitrogen and oxygen atoms in total. The molecule has 1 saturated carbocycles. The maximum Gasteiger partial charge on any atom is 0.354 e. The molecule has 18 heavy (non-hydrogen) atoms. The lowest BCUT2D eigenvalue weighted by Gasteiger charge is -2.15. The van der Waals surface area contributed by atoms with Gasteiger partial charge < -0.3 is 15.3 Å². The van der Waals surface area contributed by atoms with Gasteiger partial charge in [0.05, 0.1) is 5.69 Å². The van der Waals surface area contributed by atoms with Crippen LogP contribution in [0.25, 0.3) is 0 Å². The minimum Gasteiger partial charge on any atom is -0.477 e. The number of hydrogen-bond acceptors (Lipinski definition) is 4. The van der Waals surface area contributed by atoms with Gasteiger partial charge in [-0.2, -0.15) is 0 Å². The lowest BCUT2D eigenvalue weighted by molar-refractivity contribution is 0.0690.